The van der Waals surface area contributed by atoms with E-state index in [2.05, 4.69) is 0 Å². The third kappa shape index (κ3) is 2.01. The number of benzene rings is 1. The molecular formula is C20H12N2O6. The minimum Gasteiger partial charge on any atom is -0.495 e. The van der Waals surface area contributed by atoms with Gasteiger partial charge in [-0.15, -0.1) is 0 Å². The van der Waals surface area contributed by atoms with E-state index in [4.69, 9.17) is 28.5 Å². The third-order valence-electron chi connectivity index (χ3n) is 4.78. The molecule has 1 aliphatic heterocycles. The van der Waals surface area contributed by atoms with Gasteiger partial charge in [-0.3, -0.25) is 0 Å². The van der Waals surface area contributed by atoms with Crippen molar-refractivity contribution in [2.24, 2.45) is 5.73 Å². The van der Waals surface area contributed by atoms with Crippen LogP contribution in [0.2, 0.25) is 0 Å². The number of fused-ring (bicyclic) bond motifs is 4. The fourth-order valence-electron chi connectivity index (χ4n) is 3.61. The van der Waals surface area contributed by atoms with Crippen LogP contribution in [0.25, 0.3) is 21.9 Å². The van der Waals surface area contributed by atoms with Crippen molar-refractivity contribution in [3.63, 3.8) is 0 Å². The highest BCUT2D eigenvalue weighted by atomic mass is 16.5. The number of nitrogens with zero attached hydrogens (tertiary/aromatic N) is 1. The monoisotopic (exact) mass is 376 g/mol. The smallest absolute Gasteiger partial charge is 0.344 e. The van der Waals surface area contributed by atoms with Crippen molar-refractivity contribution in [3.05, 3.63) is 70.0 Å². The molecule has 0 amide bonds. The summed E-state index contributed by atoms with van der Waals surface area (Å²) in [5.41, 5.74) is 6.25. The predicted octanol–water partition coefficient (Wildman–Crippen LogP) is 3.36. The molecule has 2 N–H and O–H groups in total. The van der Waals surface area contributed by atoms with Crippen LogP contribution in [0, 0.1) is 11.3 Å². The second-order valence-corrected chi connectivity index (χ2v) is 6.19. The first-order valence-electron chi connectivity index (χ1n) is 8.30. The standard InChI is InChI=1S/C20H12N2O6/c1-24-17-9-4-6-26-12(9)7-13-15(17)18-16(20(23)27-13)14(11-3-2-5-25-11)10(8-21)19(22)28-18/h2-7,14H,22H2,1H3. The number of nitrogens with two attached hydrogens (primary N) is 1. The van der Waals surface area contributed by atoms with Crippen LogP contribution in [-0.2, 0) is 0 Å². The fraction of sp³-hybridized carbons (Fsp3) is 0.100. The molecule has 1 atom stereocenters. The number of ether oxygens (including phenoxy) is 2. The predicted molar refractivity (Wildman–Crippen MR) is 96.8 cm³/mol. The van der Waals surface area contributed by atoms with Crippen LogP contribution in [0.3, 0.4) is 0 Å². The number of methoxy groups -OCH3 is 1. The van der Waals surface area contributed by atoms with Crippen LogP contribution in [0.15, 0.2) is 66.3 Å². The fourth-order valence-corrected chi connectivity index (χ4v) is 3.61. The molecule has 0 aliphatic carbocycles. The van der Waals surface area contributed by atoms with E-state index in [1.807, 2.05) is 6.07 Å². The maximum atomic E-state index is 12.9. The molecule has 1 unspecified atom stereocenters. The first-order chi connectivity index (χ1) is 13.6. The number of nitriles is 1. The maximum Gasteiger partial charge on any atom is 0.344 e. The average molecular weight is 376 g/mol. The molecule has 0 spiro atoms. The molecule has 0 fully saturated rings. The van der Waals surface area contributed by atoms with Crippen molar-refractivity contribution in [2.75, 3.05) is 7.11 Å². The molecule has 8 heteroatoms. The minimum atomic E-state index is -0.853. The second kappa shape index (κ2) is 5.69. The van der Waals surface area contributed by atoms with Crippen LogP contribution in [0.5, 0.6) is 11.5 Å². The van der Waals surface area contributed by atoms with Gasteiger partial charge in [-0.1, -0.05) is 0 Å². The van der Waals surface area contributed by atoms with Crippen molar-refractivity contribution >= 4 is 21.9 Å². The maximum absolute atomic E-state index is 12.9. The minimum absolute atomic E-state index is 0.0671. The highest BCUT2D eigenvalue weighted by Gasteiger charge is 2.38. The normalized spacial score (nSPS) is 16.1. The summed E-state index contributed by atoms with van der Waals surface area (Å²) in [6.07, 6.45) is 2.96. The Morgan fingerprint density at radius 1 is 1.21 bits per heavy atom. The molecule has 4 heterocycles. The van der Waals surface area contributed by atoms with Gasteiger partial charge in [0.2, 0.25) is 5.88 Å². The van der Waals surface area contributed by atoms with Crippen LogP contribution < -0.4 is 20.8 Å². The topological polar surface area (TPSA) is 125 Å². The van der Waals surface area contributed by atoms with Gasteiger partial charge in [-0.25, -0.2) is 4.79 Å². The van der Waals surface area contributed by atoms with E-state index in [-0.39, 0.29) is 28.4 Å². The van der Waals surface area contributed by atoms with E-state index in [1.165, 1.54) is 19.6 Å². The van der Waals surface area contributed by atoms with E-state index < -0.39 is 11.5 Å². The lowest BCUT2D eigenvalue weighted by Crippen LogP contribution is -2.26. The Labute approximate surface area is 156 Å². The van der Waals surface area contributed by atoms with E-state index in [0.29, 0.717) is 27.9 Å². The Balaban J connectivity index is 1.95. The van der Waals surface area contributed by atoms with E-state index >= 15 is 0 Å². The summed E-state index contributed by atoms with van der Waals surface area (Å²) >= 11 is 0. The first-order valence-corrected chi connectivity index (χ1v) is 8.30. The zero-order valence-corrected chi connectivity index (χ0v) is 14.5. The Morgan fingerprint density at radius 3 is 2.79 bits per heavy atom. The highest BCUT2D eigenvalue weighted by molar-refractivity contribution is 6.04. The summed E-state index contributed by atoms with van der Waals surface area (Å²) in [7, 11) is 1.49. The van der Waals surface area contributed by atoms with Gasteiger partial charge >= 0.3 is 5.63 Å². The Bertz CT molecular complexity index is 1370. The lowest BCUT2D eigenvalue weighted by molar-refractivity contribution is 0.373. The SMILES string of the molecule is COc1c2ccoc2cc2oc(=O)c3c(c12)OC(N)=C(C#N)C3c1ccco1. The molecule has 0 saturated heterocycles. The van der Waals surface area contributed by atoms with Crippen LogP contribution in [-0.4, -0.2) is 7.11 Å². The summed E-state index contributed by atoms with van der Waals surface area (Å²) in [5.74, 6) is -0.0115. The summed E-state index contributed by atoms with van der Waals surface area (Å²) < 4.78 is 27.7. The van der Waals surface area contributed by atoms with Crippen molar-refractivity contribution in [2.45, 2.75) is 5.92 Å². The zero-order chi connectivity index (χ0) is 19.4. The molecule has 0 bridgehead atoms. The lowest BCUT2D eigenvalue weighted by Gasteiger charge is -2.24. The number of furan rings is 2. The molecule has 1 aromatic carbocycles. The molecule has 28 heavy (non-hydrogen) atoms. The van der Waals surface area contributed by atoms with Crippen molar-refractivity contribution < 1.29 is 22.7 Å². The molecule has 138 valence electrons. The quantitative estimate of drug-likeness (QED) is 0.528. The number of hydrogen-bond acceptors (Lipinski definition) is 8. The number of rotatable bonds is 2. The molecule has 5 rings (SSSR count). The molecule has 1 aliphatic rings. The van der Waals surface area contributed by atoms with Crippen LogP contribution in [0.1, 0.15) is 17.2 Å². The molecular weight excluding hydrogens is 364 g/mol. The van der Waals surface area contributed by atoms with Crippen LogP contribution in [0.4, 0.5) is 0 Å². The summed E-state index contributed by atoms with van der Waals surface area (Å²) in [4.78, 5) is 12.9. The Morgan fingerprint density at radius 2 is 2.07 bits per heavy atom. The molecule has 3 aromatic heterocycles. The van der Waals surface area contributed by atoms with Crippen LogP contribution >= 0.6 is 0 Å². The molecule has 4 aromatic rings. The third-order valence-corrected chi connectivity index (χ3v) is 4.78. The van der Waals surface area contributed by atoms with E-state index in [0.717, 1.165) is 0 Å². The van der Waals surface area contributed by atoms with Gasteiger partial charge < -0.3 is 28.5 Å². The van der Waals surface area contributed by atoms with Crippen molar-refractivity contribution in [1.82, 2.24) is 0 Å². The van der Waals surface area contributed by atoms with Crippen molar-refractivity contribution in [3.8, 4) is 17.6 Å². The Kier molecular flexibility index (Phi) is 3.27. The zero-order valence-electron chi connectivity index (χ0n) is 14.5. The summed E-state index contributed by atoms with van der Waals surface area (Å²) in [5, 5.41) is 10.7. The summed E-state index contributed by atoms with van der Waals surface area (Å²) in [6, 6.07) is 8.64. The van der Waals surface area contributed by atoms with Gasteiger partial charge in [-0.2, -0.15) is 5.26 Å². The van der Waals surface area contributed by atoms with Gasteiger partial charge in [0.05, 0.1) is 36.5 Å². The highest BCUT2D eigenvalue weighted by Crippen LogP contribution is 2.48. The Hall–Kier alpha value is -4.12. The largest absolute Gasteiger partial charge is 0.495 e. The van der Waals surface area contributed by atoms with Gasteiger partial charge in [-0.05, 0) is 18.2 Å². The van der Waals surface area contributed by atoms with E-state index in [1.54, 1.807) is 24.3 Å². The summed E-state index contributed by atoms with van der Waals surface area (Å²) in [6.45, 7) is 0. The second-order valence-electron chi connectivity index (χ2n) is 6.19. The van der Waals surface area contributed by atoms with E-state index in [9.17, 15) is 10.1 Å². The van der Waals surface area contributed by atoms with Gasteiger partial charge in [0.25, 0.3) is 0 Å². The number of allylic oxidation sites excluding steroid dienone is 1. The van der Waals surface area contributed by atoms with Gasteiger partial charge in [0, 0.05) is 6.07 Å². The molecule has 0 radical (unpaired) electrons. The lowest BCUT2D eigenvalue weighted by atomic mass is 9.87. The first kappa shape index (κ1) is 16.1. The van der Waals surface area contributed by atoms with Gasteiger partial charge in [0.15, 0.2) is 5.75 Å². The molecule has 0 saturated carbocycles. The molecule has 8 nitrogen and oxygen atoms in total. The van der Waals surface area contributed by atoms with Crippen molar-refractivity contribution in [1.29, 1.82) is 5.26 Å². The van der Waals surface area contributed by atoms with Gasteiger partial charge in [0.1, 0.15) is 39.7 Å². The average Bonchev–Trinajstić information content (AvgIpc) is 3.37. The number of hydrogen-bond donors (Lipinski definition) is 1.